The number of carbonyl (C=O) groups is 1. The van der Waals surface area contributed by atoms with Crippen LogP contribution >= 0.6 is 0 Å². The molecule has 0 aromatic heterocycles. The van der Waals surface area contributed by atoms with Gasteiger partial charge in [-0.2, -0.15) is 0 Å². The van der Waals surface area contributed by atoms with E-state index in [1.807, 2.05) is 0 Å². The second kappa shape index (κ2) is 1.86. The summed E-state index contributed by atoms with van der Waals surface area (Å²) >= 11 is 0. The number of ether oxygens (including phenoxy) is 1. The van der Waals surface area contributed by atoms with Crippen LogP contribution in [0.2, 0.25) is 0 Å². The number of nitrogens with one attached hydrogen (secondary N) is 1. The average Bonchev–Trinajstić information content (AvgIpc) is 1.87. The Hall–Kier alpha value is -1.67. The molecular weight excluding hydrogens is 360 g/mol. The molecule has 0 unspecified atom stereocenters. The first kappa shape index (κ1) is 6.33. The standard InChI is InChI=1S/C3H3BNO2.Rf/c4-2-1-7-3(6)5-2;/h1-2H,(H,5,6);/q-1;/t2-;/m1./s1. The van der Waals surface area contributed by atoms with Crippen LogP contribution in [0.25, 0.3) is 0 Å². The SMILES string of the molecule is [B][C@H]1[CH-]OC(=O)N1.[Rf]. The smallest absolute Gasteiger partial charge is 0.372 e. The first-order chi connectivity index (χ1) is 3.29. The Morgan fingerprint density at radius 1 is 1.88 bits per heavy atom. The largest absolute Gasteiger partial charge is 0.620 e. The molecule has 0 aromatic carbocycles. The zero-order valence-corrected chi connectivity index (χ0v) is 10.7. The Bertz CT molecular complexity index is 99.3. The van der Waals surface area contributed by atoms with Crippen molar-refractivity contribution in [2.75, 3.05) is 0 Å². The number of amides is 1. The van der Waals surface area contributed by atoms with E-state index in [9.17, 15) is 4.79 Å². The third-order valence-corrected chi connectivity index (χ3v) is 0.606. The van der Waals surface area contributed by atoms with Crippen molar-refractivity contribution in [1.82, 2.24) is 5.32 Å². The molecule has 1 N–H and O–H groups in total. The van der Waals surface area contributed by atoms with Crippen molar-refractivity contribution in [3.05, 3.63) is 6.61 Å². The van der Waals surface area contributed by atoms with Gasteiger partial charge in [-0.25, -0.2) is 4.79 Å². The summed E-state index contributed by atoms with van der Waals surface area (Å²) in [5, 5.41) is 2.28. The van der Waals surface area contributed by atoms with Crippen LogP contribution in [0.3, 0.4) is 0 Å². The van der Waals surface area contributed by atoms with Crippen molar-refractivity contribution in [3.8, 4) is 0 Å². The molecule has 1 aliphatic heterocycles. The van der Waals surface area contributed by atoms with E-state index >= 15 is 0 Å². The molecule has 2 radical (unpaired) electrons. The van der Waals surface area contributed by atoms with Gasteiger partial charge >= 0.3 is 6.09 Å². The first-order valence-corrected chi connectivity index (χ1v) is 1.85. The maximum Gasteiger partial charge on any atom is 0.372 e. The van der Waals surface area contributed by atoms with E-state index in [-0.39, 0.29) is 0 Å². The third-order valence-electron chi connectivity index (χ3n) is 0.606. The second-order valence-corrected chi connectivity index (χ2v) is 1.21. The van der Waals surface area contributed by atoms with Crippen molar-refractivity contribution < 1.29 is 9.53 Å². The number of rotatable bonds is 0. The first-order valence-electron chi connectivity index (χ1n) is 1.85. The van der Waals surface area contributed by atoms with Crippen molar-refractivity contribution in [1.29, 1.82) is 0 Å². The summed E-state index contributed by atoms with van der Waals surface area (Å²) in [6.07, 6.45) is -0.479. The molecule has 1 fully saturated rings. The summed E-state index contributed by atoms with van der Waals surface area (Å²) < 4.78 is 4.27. The molecule has 0 saturated carbocycles. The van der Waals surface area contributed by atoms with Crippen LogP contribution in [0, 0.1) is 6.61 Å². The maximum atomic E-state index is 10.0. The van der Waals surface area contributed by atoms with Gasteiger partial charge in [-0.1, -0.05) is 5.94 Å². The van der Waals surface area contributed by atoms with E-state index < -0.39 is 12.0 Å². The zero-order chi connectivity index (χ0) is 5.28. The van der Waals surface area contributed by atoms with Crippen LogP contribution < -0.4 is 5.32 Å². The maximum absolute atomic E-state index is 10.0. The van der Waals surface area contributed by atoms with Crippen LogP contribution in [0.15, 0.2) is 0 Å². The Morgan fingerprint density at radius 2 is 2.50 bits per heavy atom. The van der Waals surface area contributed by atoms with E-state index in [0.29, 0.717) is 0 Å². The van der Waals surface area contributed by atoms with E-state index in [0.717, 1.165) is 0 Å². The van der Waals surface area contributed by atoms with Gasteiger partial charge in [0.05, 0.1) is 7.85 Å². The van der Waals surface area contributed by atoms with Gasteiger partial charge in [0.25, 0.3) is 0 Å². The minimum atomic E-state index is -0.479. The van der Waals surface area contributed by atoms with Crippen LogP contribution in [0.1, 0.15) is 0 Å². The quantitative estimate of drug-likeness (QED) is 0.461. The summed E-state index contributed by atoms with van der Waals surface area (Å²) in [4.78, 5) is 10.0. The fourth-order valence-electron chi connectivity index (χ4n) is 0.339. The molecule has 0 bridgehead atoms. The van der Waals surface area contributed by atoms with Crippen molar-refractivity contribution in [2.24, 2.45) is 0 Å². The van der Waals surface area contributed by atoms with Gasteiger partial charge in [0, 0.05) is 0 Å². The molecule has 1 aliphatic rings. The molecule has 3 nitrogen and oxygen atoms in total. The fraction of sp³-hybridized carbons (Fsp3) is 0.333. The molecule has 0 aliphatic carbocycles. The number of alkyl carbamates (subject to hydrolysis) is 1. The molecular formula is C3H3BNO2Rf-. The summed E-state index contributed by atoms with van der Waals surface area (Å²) in [5.74, 6) is -0.424. The minimum Gasteiger partial charge on any atom is -0.620 e. The number of carbonyl (C=O) groups excluding carboxylic acids is 1. The van der Waals surface area contributed by atoms with Gasteiger partial charge in [-0.05, 0) is 0 Å². The van der Waals surface area contributed by atoms with Crippen LogP contribution in [-0.4, -0.2) is 19.9 Å². The van der Waals surface area contributed by atoms with Gasteiger partial charge in [0.15, 0.2) is 0 Å². The van der Waals surface area contributed by atoms with Crippen LogP contribution in [0.5, 0.6) is 0 Å². The Morgan fingerprint density at radius 3 is 2.62 bits per heavy atom. The topological polar surface area (TPSA) is 38.3 Å². The molecule has 0 spiro atoms. The summed E-state index contributed by atoms with van der Waals surface area (Å²) in [6, 6.07) is 0. The second-order valence-electron chi connectivity index (χ2n) is 1.21. The van der Waals surface area contributed by atoms with Gasteiger partial charge in [0.2, 0.25) is 0 Å². The van der Waals surface area contributed by atoms with Gasteiger partial charge in [0.1, 0.15) is 0 Å². The minimum absolute atomic E-state index is 0. The predicted octanol–water partition coefficient (Wildman–Crippen LogP) is -0.617. The monoisotopic (exact) mass is 363 g/mol. The molecule has 1 saturated heterocycles. The Labute approximate surface area is 42.4 Å². The van der Waals surface area contributed by atoms with Gasteiger partial charge < -0.3 is 10.1 Å². The summed E-state index contributed by atoms with van der Waals surface area (Å²) in [7, 11) is 5.11. The third kappa shape index (κ3) is 0.896. The van der Waals surface area contributed by atoms with Crippen molar-refractivity contribution >= 4 is 13.9 Å². The average molecular weight is 363 g/mol. The van der Waals surface area contributed by atoms with Gasteiger partial charge in [-0.3, -0.25) is 0 Å². The molecule has 8 heavy (non-hydrogen) atoms. The number of hydrogen-bond acceptors (Lipinski definition) is 2. The summed E-state index contributed by atoms with van der Waals surface area (Å²) in [5.41, 5.74) is 0. The van der Waals surface area contributed by atoms with Crippen LogP contribution in [0.4, 0.5) is 4.79 Å². The normalized spacial score (nSPS) is 25.5. The van der Waals surface area contributed by atoms with E-state index in [1.54, 1.807) is 0 Å². The fourth-order valence-corrected chi connectivity index (χ4v) is 0.339. The molecule has 5 heteroatoms. The van der Waals surface area contributed by atoms with Crippen LogP contribution in [-0.2, 0) is 4.74 Å². The van der Waals surface area contributed by atoms with E-state index in [4.69, 9.17) is 7.85 Å². The van der Waals surface area contributed by atoms with Gasteiger partial charge in [-0.15, -0.1) is 6.61 Å². The number of cyclic esters (lactones) is 1. The molecule has 1 atom stereocenters. The molecule has 1 heterocycles. The zero-order valence-electron chi connectivity index (χ0n) is 4.26. The Kier molecular flexibility index (Phi) is 1.48. The molecule has 1 rings (SSSR count). The molecule has 38 valence electrons. The summed E-state index contributed by atoms with van der Waals surface area (Å²) in [6.45, 7) is 1.24. The van der Waals surface area contributed by atoms with Crippen molar-refractivity contribution in [2.45, 2.75) is 5.94 Å². The van der Waals surface area contributed by atoms with Crippen molar-refractivity contribution in [3.63, 3.8) is 0 Å². The van der Waals surface area contributed by atoms with E-state index in [2.05, 4.69) is 10.1 Å². The number of hydrogen-bond donors (Lipinski definition) is 1. The predicted molar refractivity (Wildman–Crippen MR) is 23.5 cm³/mol. The molecule has 0 aromatic rings. The van der Waals surface area contributed by atoms with E-state index in [1.165, 1.54) is 6.61 Å². The Balaban J connectivity index is 0.000000490. The molecule has 1 amide bonds.